The summed E-state index contributed by atoms with van der Waals surface area (Å²) in [4.78, 5) is 13.8. The van der Waals surface area contributed by atoms with Crippen LogP contribution in [0.3, 0.4) is 0 Å². The van der Waals surface area contributed by atoms with Gasteiger partial charge in [0.1, 0.15) is 12.1 Å². The number of alkyl halides is 3. The molecular formula is C23H27F3N8O. The summed E-state index contributed by atoms with van der Waals surface area (Å²) in [5, 5.41) is 18.8. The number of hydrogen-bond donors (Lipinski definition) is 3. The lowest BCUT2D eigenvalue weighted by molar-refractivity contribution is -0.137. The molecule has 5 rings (SSSR count). The van der Waals surface area contributed by atoms with Gasteiger partial charge in [-0.25, -0.2) is 15.0 Å². The molecular weight excluding hydrogens is 461 g/mol. The molecule has 12 heteroatoms. The topological polar surface area (TPSA) is 118 Å². The molecule has 0 bridgehead atoms. The molecule has 1 saturated heterocycles. The zero-order valence-corrected chi connectivity index (χ0v) is 19.4. The standard InChI is InChI=1S/C23H27F3N8O/c1-21(2,15-10-28-13-29-11-15)31-20(35)33-5-3-22(12-33)4-6-34-18(22)8-17(32-34)14-7-16(23(24,25)26)19(27)30-9-14/h7-11,13,20,31,35H,3-6,12H2,1-2H3,(H2,27,30). The number of pyridine rings is 1. The van der Waals surface area contributed by atoms with Gasteiger partial charge in [0.25, 0.3) is 0 Å². The number of likely N-dealkylation sites (tertiary alicyclic amines) is 1. The van der Waals surface area contributed by atoms with Gasteiger partial charge in [-0.3, -0.25) is 14.9 Å². The maximum atomic E-state index is 13.3. The van der Waals surface area contributed by atoms with Crippen LogP contribution in [0.1, 0.15) is 43.5 Å². The van der Waals surface area contributed by atoms with Crippen molar-refractivity contribution >= 4 is 5.82 Å². The first-order valence-corrected chi connectivity index (χ1v) is 11.4. The van der Waals surface area contributed by atoms with E-state index in [-0.39, 0.29) is 11.0 Å². The number of nitrogens with one attached hydrogen (secondary N) is 1. The number of aryl methyl sites for hydroxylation is 1. The Hall–Kier alpha value is -3.09. The predicted octanol–water partition coefficient (Wildman–Crippen LogP) is 2.48. The summed E-state index contributed by atoms with van der Waals surface area (Å²) in [7, 11) is 0. The molecule has 5 heterocycles. The van der Waals surface area contributed by atoms with Crippen molar-refractivity contribution < 1.29 is 18.3 Å². The van der Waals surface area contributed by atoms with Crippen LogP contribution in [0, 0.1) is 0 Å². The van der Waals surface area contributed by atoms with Crippen LogP contribution in [0.5, 0.6) is 0 Å². The number of aliphatic hydroxyl groups is 1. The number of aliphatic hydroxyl groups excluding tert-OH is 1. The lowest BCUT2D eigenvalue weighted by atomic mass is 9.82. The lowest BCUT2D eigenvalue weighted by Crippen LogP contribution is -2.52. The normalized spacial score (nSPS) is 21.5. The molecule has 0 aromatic carbocycles. The van der Waals surface area contributed by atoms with Gasteiger partial charge in [0.15, 0.2) is 6.35 Å². The lowest BCUT2D eigenvalue weighted by Gasteiger charge is -2.34. The molecule has 2 aliphatic rings. The number of rotatable bonds is 5. The molecule has 1 fully saturated rings. The second-order valence-electron chi connectivity index (χ2n) is 9.81. The summed E-state index contributed by atoms with van der Waals surface area (Å²) < 4.78 is 41.8. The summed E-state index contributed by atoms with van der Waals surface area (Å²) in [6.07, 6.45) is 2.38. The quantitative estimate of drug-likeness (QED) is 0.469. The van der Waals surface area contributed by atoms with Gasteiger partial charge >= 0.3 is 6.18 Å². The number of nitrogens with two attached hydrogens (primary N) is 1. The number of fused-ring (bicyclic) bond motifs is 2. The van der Waals surface area contributed by atoms with E-state index in [4.69, 9.17) is 5.73 Å². The number of anilines is 1. The minimum Gasteiger partial charge on any atom is -0.383 e. The SMILES string of the molecule is CC(C)(NC(O)N1CCC2(CCn3nc(-c4cnc(N)c(C(F)(F)F)c4)cc32)C1)c1cncnc1. The average Bonchev–Trinajstić information content (AvgIpc) is 3.51. The fraction of sp³-hybridized carbons (Fsp3) is 0.478. The highest BCUT2D eigenvalue weighted by Crippen LogP contribution is 2.44. The van der Waals surface area contributed by atoms with Crippen molar-refractivity contribution in [1.82, 2.24) is 34.9 Å². The van der Waals surface area contributed by atoms with Gasteiger partial charge in [-0.05, 0) is 38.8 Å². The molecule has 3 aromatic heterocycles. The molecule has 0 aliphatic carbocycles. The van der Waals surface area contributed by atoms with Crippen LogP contribution in [-0.4, -0.2) is 54.2 Å². The van der Waals surface area contributed by atoms with E-state index in [2.05, 4.69) is 25.4 Å². The second kappa shape index (κ2) is 8.25. The zero-order chi connectivity index (χ0) is 25.0. The molecule has 0 amide bonds. The van der Waals surface area contributed by atoms with Gasteiger partial charge in [-0.2, -0.15) is 18.3 Å². The molecule has 0 radical (unpaired) electrons. The van der Waals surface area contributed by atoms with Crippen LogP contribution in [0.2, 0.25) is 0 Å². The van der Waals surface area contributed by atoms with E-state index < -0.39 is 29.4 Å². The van der Waals surface area contributed by atoms with E-state index in [1.807, 2.05) is 29.5 Å². The molecule has 0 saturated carbocycles. The number of aromatic nitrogens is 5. The van der Waals surface area contributed by atoms with Gasteiger partial charge < -0.3 is 10.8 Å². The van der Waals surface area contributed by atoms with Crippen molar-refractivity contribution in [1.29, 1.82) is 0 Å². The Labute approximate surface area is 200 Å². The fourth-order valence-electron chi connectivity index (χ4n) is 5.09. The fourth-order valence-corrected chi connectivity index (χ4v) is 5.09. The Morgan fingerprint density at radius 1 is 1.11 bits per heavy atom. The third-order valence-corrected chi connectivity index (χ3v) is 7.15. The summed E-state index contributed by atoms with van der Waals surface area (Å²) in [5.74, 6) is -0.553. The van der Waals surface area contributed by atoms with Crippen molar-refractivity contribution in [3.63, 3.8) is 0 Å². The first-order valence-electron chi connectivity index (χ1n) is 11.4. The van der Waals surface area contributed by atoms with E-state index in [1.54, 1.807) is 12.4 Å². The maximum Gasteiger partial charge on any atom is 0.419 e. The van der Waals surface area contributed by atoms with Gasteiger partial charge in [0.2, 0.25) is 0 Å². The van der Waals surface area contributed by atoms with E-state index in [9.17, 15) is 18.3 Å². The highest BCUT2D eigenvalue weighted by Gasteiger charge is 2.47. The monoisotopic (exact) mass is 488 g/mol. The number of nitrogens with zero attached hydrogens (tertiary/aromatic N) is 6. The minimum atomic E-state index is -4.59. The van der Waals surface area contributed by atoms with Gasteiger partial charge in [-0.15, -0.1) is 0 Å². The Bertz CT molecular complexity index is 1230. The summed E-state index contributed by atoms with van der Waals surface area (Å²) in [5.41, 5.74) is 6.20. The van der Waals surface area contributed by atoms with E-state index in [1.165, 1.54) is 12.5 Å². The minimum absolute atomic E-state index is 0.234. The molecule has 2 atom stereocenters. The molecule has 9 nitrogen and oxygen atoms in total. The van der Waals surface area contributed by atoms with E-state index >= 15 is 0 Å². The van der Waals surface area contributed by atoms with Crippen molar-refractivity contribution in [3.8, 4) is 11.3 Å². The van der Waals surface area contributed by atoms with Crippen molar-refractivity contribution in [3.05, 3.63) is 53.9 Å². The Balaban J connectivity index is 1.35. The van der Waals surface area contributed by atoms with E-state index in [0.29, 0.717) is 25.3 Å². The van der Waals surface area contributed by atoms with Crippen LogP contribution >= 0.6 is 0 Å². The molecule has 1 spiro atoms. The Morgan fingerprint density at radius 3 is 2.54 bits per heavy atom. The second-order valence-corrected chi connectivity index (χ2v) is 9.81. The van der Waals surface area contributed by atoms with Crippen LogP contribution in [-0.2, 0) is 23.7 Å². The number of nitrogen functional groups attached to an aromatic ring is 1. The molecule has 3 aromatic rings. The van der Waals surface area contributed by atoms with Crippen molar-refractivity contribution in [2.75, 3.05) is 18.8 Å². The van der Waals surface area contributed by atoms with Crippen LogP contribution < -0.4 is 11.1 Å². The van der Waals surface area contributed by atoms with Crippen LogP contribution in [0.4, 0.5) is 19.0 Å². The third-order valence-electron chi connectivity index (χ3n) is 7.15. The van der Waals surface area contributed by atoms with Crippen molar-refractivity contribution in [2.24, 2.45) is 0 Å². The predicted molar refractivity (Wildman–Crippen MR) is 122 cm³/mol. The summed E-state index contributed by atoms with van der Waals surface area (Å²) >= 11 is 0. The first-order chi connectivity index (χ1) is 16.5. The Kier molecular flexibility index (Phi) is 5.57. The van der Waals surface area contributed by atoms with E-state index in [0.717, 1.165) is 30.2 Å². The highest BCUT2D eigenvalue weighted by atomic mass is 19.4. The average molecular weight is 489 g/mol. The number of hydrogen-bond acceptors (Lipinski definition) is 8. The van der Waals surface area contributed by atoms with Gasteiger partial charge in [0, 0.05) is 66.0 Å². The summed E-state index contributed by atoms with van der Waals surface area (Å²) in [6.45, 7) is 5.83. The van der Waals surface area contributed by atoms with Crippen molar-refractivity contribution in [2.45, 2.75) is 56.7 Å². The molecule has 2 aliphatic heterocycles. The Morgan fingerprint density at radius 2 is 1.83 bits per heavy atom. The largest absolute Gasteiger partial charge is 0.419 e. The smallest absolute Gasteiger partial charge is 0.383 e. The first kappa shape index (κ1) is 23.6. The highest BCUT2D eigenvalue weighted by molar-refractivity contribution is 5.63. The van der Waals surface area contributed by atoms with Gasteiger partial charge in [-0.1, -0.05) is 0 Å². The molecule has 4 N–H and O–H groups in total. The van der Waals surface area contributed by atoms with Crippen LogP contribution in [0.15, 0.2) is 37.1 Å². The zero-order valence-electron chi connectivity index (χ0n) is 19.4. The molecule has 35 heavy (non-hydrogen) atoms. The number of halogens is 3. The van der Waals surface area contributed by atoms with Crippen LogP contribution in [0.25, 0.3) is 11.3 Å². The molecule has 186 valence electrons. The maximum absolute atomic E-state index is 13.3. The molecule has 2 unspecified atom stereocenters. The third kappa shape index (κ3) is 4.26. The summed E-state index contributed by atoms with van der Waals surface area (Å²) in [6, 6.07) is 2.84. The van der Waals surface area contributed by atoms with Gasteiger partial charge in [0.05, 0.1) is 11.3 Å².